The highest BCUT2D eigenvalue weighted by atomic mass is 35.5. The third kappa shape index (κ3) is 3.21. The predicted octanol–water partition coefficient (Wildman–Crippen LogP) is 2.63. The number of phenolic OH excluding ortho intramolecular Hbond substituents is 1. The van der Waals surface area contributed by atoms with Crippen molar-refractivity contribution in [3.05, 3.63) is 64.2 Å². The second-order valence-corrected chi connectivity index (χ2v) is 6.22. The minimum absolute atomic E-state index is 0.0337. The van der Waals surface area contributed by atoms with Crippen molar-refractivity contribution in [2.45, 2.75) is 25.4 Å². The Balaban J connectivity index is 1.84. The average Bonchev–Trinajstić information content (AvgIpc) is 2.57. The molecular formula is C18H16ClNO4. The molecule has 5 nitrogen and oxygen atoms in total. The molecule has 1 atom stereocenters. The molecule has 0 radical (unpaired) electrons. The van der Waals surface area contributed by atoms with E-state index in [4.69, 9.17) is 11.6 Å². The monoisotopic (exact) mass is 345 g/mol. The van der Waals surface area contributed by atoms with Crippen molar-refractivity contribution in [2.24, 2.45) is 0 Å². The first kappa shape index (κ1) is 16.3. The summed E-state index contributed by atoms with van der Waals surface area (Å²) < 4.78 is 0. The molecule has 0 aromatic heterocycles. The molecule has 3 rings (SSSR count). The second-order valence-electron chi connectivity index (χ2n) is 5.81. The Bertz CT molecular complexity index is 805. The Labute approximate surface area is 144 Å². The van der Waals surface area contributed by atoms with E-state index in [1.165, 1.54) is 17.0 Å². The van der Waals surface area contributed by atoms with Gasteiger partial charge in [0.25, 0.3) is 0 Å². The Morgan fingerprint density at radius 3 is 2.54 bits per heavy atom. The van der Waals surface area contributed by atoms with E-state index in [0.29, 0.717) is 12.0 Å². The van der Waals surface area contributed by atoms with Crippen LogP contribution in [0.2, 0.25) is 5.02 Å². The summed E-state index contributed by atoms with van der Waals surface area (Å²) in [4.78, 5) is 25.6. The van der Waals surface area contributed by atoms with E-state index < -0.39 is 12.0 Å². The van der Waals surface area contributed by atoms with Crippen molar-refractivity contribution >= 4 is 23.5 Å². The van der Waals surface area contributed by atoms with Crippen LogP contribution in [0.3, 0.4) is 0 Å². The number of benzene rings is 2. The summed E-state index contributed by atoms with van der Waals surface area (Å²) in [5.41, 5.74) is 2.56. The number of hydrogen-bond donors (Lipinski definition) is 2. The number of carboxylic acids is 1. The molecule has 0 spiro atoms. The van der Waals surface area contributed by atoms with Crippen LogP contribution in [0, 0.1) is 0 Å². The molecular weight excluding hydrogens is 330 g/mol. The molecule has 0 bridgehead atoms. The molecule has 2 aromatic rings. The minimum atomic E-state index is -1.01. The molecule has 124 valence electrons. The van der Waals surface area contributed by atoms with Crippen LogP contribution in [-0.2, 0) is 29.0 Å². The Hall–Kier alpha value is -2.53. The average molecular weight is 346 g/mol. The molecule has 0 saturated heterocycles. The first-order valence-corrected chi connectivity index (χ1v) is 7.90. The van der Waals surface area contributed by atoms with Crippen LogP contribution < -0.4 is 0 Å². The first-order valence-electron chi connectivity index (χ1n) is 7.52. The van der Waals surface area contributed by atoms with Gasteiger partial charge in [0.15, 0.2) is 0 Å². The number of nitrogens with zero attached hydrogens (tertiary/aromatic N) is 1. The van der Waals surface area contributed by atoms with Gasteiger partial charge in [0.2, 0.25) is 5.91 Å². The number of fused-ring (bicyclic) bond motifs is 1. The molecule has 0 aliphatic carbocycles. The Morgan fingerprint density at radius 1 is 1.17 bits per heavy atom. The molecule has 0 saturated carbocycles. The summed E-state index contributed by atoms with van der Waals surface area (Å²) in [6.45, 7) is 0.276. The zero-order chi connectivity index (χ0) is 17.3. The summed E-state index contributed by atoms with van der Waals surface area (Å²) in [5, 5.41) is 19.1. The van der Waals surface area contributed by atoms with Gasteiger partial charge in [0, 0.05) is 13.0 Å². The Morgan fingerprint density at radius 2 is 1.88 bits per heavy atom. The lowest BCUT2D eigenvalue weighted by molar-refractivity contribution is -0.151. The molecule has 1 aliphatic heterocycles. The molecule has 0 fully saturated rings. The molecule has 1 heterocycles. The van der Waals surface area contributed by atoms with Crippen molar-refractivity contribution < 1.29 is 19.8 Å². The topological polar surface area (TPSA) is 77.8 Å². The van der Waals surface area contributed by atoms with Gasteiger partial charge in [0.05, 0.1) is 11.4 Å². The number of aromatic hydroxyl groups is 1. The fraction of sp³-hybridized carbons (Fsp3) is 0.222. The number of phenols is 1. The largest absolute Gasteiger partial charge is 0.506 e. The predicted molar refractivity (Wildman–Crippen MR) is 88.9 cm³/mol. The summed E-state index contributed by atoms with van der Waals surface area (Å²) in [6, 6.07) is 11.2. The van der Waals surface area contributed by atoms with Crippen LogP contribution in [0.25, 0.3) is 0 Å². The van der Waals surface area contributed by atoms with Crippen molar-refractivity contribution in [2.75, 3.05) is 0 Å². The van der Waals surface area contributed by atoms with Gasteiger partial charge >= 0.3 is 5.97 Å². The fourth-order valence-corrected chi connectivity index (χ4v) is 3.15. The smallest absolute Gasteiger partial charge is 0.326 e. The fourth-order valence-electron chi connectivity index (χ4n) is 2.94. The van der Waals surface area contributed by atoms with Crippen LogP contribution in [0.1, 0.15) is 16.7 Å². The van der Waals surface area contributed by atoms with E-state index in [0.717, 1.165) is 11.1 Å². The molecule has 0 unspecified atom stereocenters. The summed E-state index contributed by atoms with van der Waals surface area (Å²) >= 11 is 5.86. The highest BCUT2D eigenvalue weighted by Crippen LogP contribution is 2.26. The van der Waals surface area contributed by atoms with Gasteiger partial charge in [-0.2, -0.15) is 0 Å². The van der Waals surface area contributed by atoms with Gasteiger partial charge < -0.3 is 15.1 Å². The summed E-state index contributed by atoms with van der Waals surface area (Å²) in [6.07, 6.45) is 0.333. The van der Waals surface area contributed by atoms with Gasteiger partial charge in [-0.25, -0.2) is 4.79 Å². The van der Waals surface area contributed by atoms with Crippen LogP contribution in [0.4, 0.5) is 0 Å². The second kappa shape index (κ2) is 6.53. The number of carbonyl (C=O) groups is 2. The SMILES string of the molecule is O=C(O)[C@@H]1Cc2ccccc2CN1C(=O)Cc1ccc(O)c(Cl)c1. The highest BCUT2D eigenvalue weighted by Gasteiger charge is 2.34. The van der Waals surface area contributed by atoms with Gasteiger partial charge in [-0.1, -0.05) is 41.9 Å². The minimum Gasteiger partial charge on any atom is -0.506 e. The van der Waals surface area contributed by atoms with E-state index in [-0.39, 0.29) is 29.6 Å². The zero-order valence-electron chi connectivity index (χ0n) is 12.8. The number of aliphatic carboxylic acids is 1. The maximum atomic E-state index is 12.6. The van der Waals surface area contributed by atoms with E-state index in [2.05, 4.69) is 0 Å². The number of amides is 1. The molecule has 1 amide bonds. The maximum absolute atomic E-state index is 12.6. The van der Waals surface area contributed by atoms with E-state index in [1.54, 1.807) is 6.07 Å². The third-order valence-electron chi connectivity index (χ3n) is 4.22. The first-order chi connectivity index (χ1) is 11.5. The third-order valence-corrected chi connectivity index (χ3v) is 4.52. The van der Waals surface area contributed by atoms with Crippen molar-refractivity contribution in [1.82, 2.24) is 4.90 Å². The molecule has 2 aromatic carbocycles. The molecule has 2 N–H and O–H groups in total. The van der Waals surface area contributed by atoms with Gasteiger partial charge in [-0.3, -0.25) is 4.79 Å². The summed E-state index contributed by atoms with van der Waals surface area (Å²) in [5.74, 6) is -1.34. The van der Waals surface area contributed by atoms with E-state index >= 15 is 0 Å². The van der Waals surface area contributed by atoms with Crippen molar-refractivity contribution in [3.8, 4) is 5.75 Å². The van der Waals surface area contributed by atoms with Crippen LogP contribution in [0.15, 0.2) is 42.5 Å². The van der Waals surface area contributed by atoms with Crippen molar-refractivity contribution in [1.29, 1.82) is 0 Å². The summed E-state index contributed by atoms with van der Waals surface area (Å²) in [7, 11) is 0. The Kier molecular flexibility index (Phi) is 4.44. The number of rotatable bonds is 3. The molecule has 6 heteroatoms. The molecule has 1 aliphatic rings. The van der Waals surface area contributed by atoms with Gasteiger partial charge in [-0.15, -0.1) is 0 Å². The van der Waals surface area contributed by atoms with Crippen LogP contribution in [0.5, 0.6) is 5.75 Å². The van der Waals surface area contributed by atoms with Crippen LogP contribution in [-0.4, -0.2) is 33.0 Å². The standard InChI is InChI=1S/C18H16ClNO4/c19-14-7-11(5-6-16(14)21)8-17(22)20-10-13-4-2-1-3-12(13)9-15(20)18(23)24/h1-7,15,21H,8-10H2,(H,23,24)/t15-/m0/s1. The van der Waals surface area contributed by atoms with E-state index in [1.807, 2.05) is 24.3 Å². The van der Waals surface area contributed by atoms with E-state index in [9.17, 15) is 19.8 Å². The van der Waals surface area contributed by atoms with Crippen molar-refractivity contribution in [3.63, 3.8) is 0 Å². The quantitative estimate of drug-likeness (QED) is 0.896. The normalized spacial score (nSPS) is 16.5. The maximum Gasteiger partial charge on any atom is 0.326 e. The lowest BCUT2D eigenvalue weighted by Crippen LogP contribution is -2.49. The van der Waals surface area contributed by atoms with Gasteiger partial charge in [-0.05, 0) is 28.8 Å². The molecule has 24 heavy (non-hydrogen) atoms. The number of hydrogen-bond acceptors (Lipinski definition) is 3. The number of halogens is 1. The highest BCUT2D eigenvalue weighted by molar-refractivity contribution is 6.32. The number of carboxylic acid groups (broad SMARTS) is 1. The van der Waals surface area contributed by atoms with Crippen LogP contribution >= 0.6 is 11.6 Å². The lowest BCUT2D eigenvalue weighted by atomic mass is 9.93. The lowest BCUT2D eigenvalue weighted by Gasteiger charge is -2.34. The zero-order valence-corrected chi connectivity index (χ0v) is 13.5. The van der Waals surface area contributed by atoms with Gasteiger partial charge in [0.1, 0.15) is 11.8 Å². The number of carbonyl (C=O) groups excluding carboxylic acids is 1.